The highest BCUT2D eigenvalue weighted by molar-refractivity contribution is 5.93. The molecule has 1 unspecified atom stereocenters. The van der Waals surface area contributed by atoms with E-state index in [0.29, 0.717) is 11.3 Å². The highest BCUT2D eigenvalue weighted by Crippen LogP contribution is 2.24. The molecule has 0 saturated carbocycles. The Labute approximate surface area is 148 Å². The second kappa shape index (κ2) is 8.33. The van der Waals surface area contributed by atoms with Crippen LogP contribution in [0.25, 0.3) is 0 Å². The lowest BCUT2D eigenvalue weighted by Crippen LogP contribution is -2.31. The molecule has 0 aliphatic carbocycles. The molecule has 0 bridgehead atoms. The second-order valence-electron chi connectivity index (χ2n) is 5.85. The number of benzene rings is 2. The zero-order valence-corrected chi connectivity index (χ0v) is 15.0. The van der Waals surface area contributed by atoms with Gasteiger partial charge in [-0.25, -0.2) is 4.79 Å². The molecule has 1 atom stereocenters. The van der Waals surface area contributed by atoms with Gasteiger partial charge in [0.05, 0.1) is 18.7 Å². The van der Waals surface area contributed by atoms with Gasteiger partial charge in [-0.05, 0) is 44.0 Å². The second-order valence-corrected chi connectivity index (χ2v) is 5.85. The standard InChI is InChI=1S/C20H23NO4/c1-13-8-7-10-16(14(13)2)20(23)25-12-19(22)21-15(3)17-9-5-6-11-18(17)24-4/h5-11,15H,12H2,1-4H3,(H,21,22). The van der Waals surface area contributed by atoms with Crippen LogP contribution in [0.15, 0.2) is 42.5 Å². The first-order chi connectivity index (χ1) is 11.9. The highest BCUT2D eigenvalue weighted by atomic mass is 16.5. The van der Waals surface area contributed by atoms with Crippen LogP contribution >= 0.6 is 0 Å². The molecule has 2 rings (SSSR count). The number of nitrogens with one attached hydrogen (secondary N) is 1. The van der Waals surface area contributed by atoms with E-state index in [0.717, 1.165) is 16.7 Å². The van der Waals surface area contributed by atoms with Gasteiger partial charge in [0.25, 0.3) is 5.91 Å². The topological polar surface area (TPSA) is 64.6 Å². The Kier molecular flexibility index (Phi) is 6.17. The SMILES string of the molecule is COc1ccccc1C(C)NC(=O)COC(=O)c1cccc(C)c1C. The number of aryl methyl sites for hydroxylation is 1. The van der Waals surface area contributed by atoms with E-state index in [4.69, 9.17) is 9.47 Å². The van der Waals surface area contributed by atoms with Crippen LogP contribution in [0.3, 0.4) is 0 Å². The summed E-state index contributed by atoms with van der Waals surface area (Å²) in [5.41, 5.74) is 3.20. The molecule has 5 heteroatoms. The van der Waals surface area contributed by atoms with Gasteiger partial charge in [0.15, 0.2) is 6.61 Å². The molecule has 0 heterocycles. The minimum absolute atomic E-state index is 0.261. The molecule has 0 radical (unpaired) electrons. The number of amides is 1. The van der Waals surface area contributed by atoms with Crippen LogP contribution in [-0.4, -0.2) is 25.6 Å². The van der Waals surface area contributed by atoms with Crippen molar-refractivity contribution < 1.29 is 19.1 Å². The normalized spacial score (nSPS) is 11.5. The molecule has 25 heavy (non-hydrogen) atoms. The molecule has 0 fully saturated rings. The van der Waals surface area contributed by atoms with E-state index in [9.17, 15) is 9.59 Å². The summed E-state index contributed by atoms with van der Waals surface area (Å²) in [6, 6.07) is 12.6. The smallest absolute Gasteiger partial charge is 0.338 e. The van der Waals surface area contributed by atoms with Crippen LogP contribution in [0.5, 0.6) is 5.75 Å². The van der Waals surface area contributed by atoms with Crippen molar-refractivity contribution in [1.82, 2.24) is 5.32 Å². The van der Waals surface area contributed by atoms with Crippen molar-refractivity contribution in [2.45, 2.75) is 26.8 Å². The molecule has 1 amide bonds. The quantitative estimate of drug-likeness (QED) is 0.819. The summed E-state index contributed by atoms with van der Waals surface area (Å²) in [5, 5.41) is 2.81. The molecule has 1 N–H and O–H groups in total. The first kappa shape index (κ1) is 18.5. The van der Waals surface area contributed by atoms with E-state index in [1.54, 1.807) is 19.2 Å². The number of rotatable bonds is 6. The van der Waals surface area contributed by atoms with E-state index in [2.05, 4.69) is 5.32 Å². The Morgan fingerprint density at radius 3 is 2.52 bits per heavy atom. The maximum Gasteiger partial charge on any atom is 0.338 e. The average molecular weight is 341 g/mol. The molecule has 0 saturated heterocycles. The van der Waals surface area contributed by atoms with Crippen molar-refractivity contribution in [2.24, 2.45) is 0 Å². The number of methoxy groups -OCH3 is 1. The molecule has 0 aromatic heterocycles. The van der Waals surface area contributed by atoms with Crippen LogP contribution in [0.1, 0.15) is 40.0 Å². The van der Waals surface area contributed by atoms with Crippen molar-refractivity contribution in [3.05, 3.63) is 64.7 Å². The van der Waals surface area contributed by atoms with Crippen molar-refractivity contribution in [3.63, 3.8) is 0 Å². The highest BCUT2D eigenvalue weighted by Gasteiger charge is 2.16. The van der Waals surface area contributed by atoms with Crippen molar-refractivity contribution >= 4 is 11.9 Å². The molecule has 0 spiro atoms. The largest absolute Gasteiger partial charge is 0.496 e. The van der Waals surface area contributed by atoms with Gasteiger partial charge in [0.1, 0.15) is 5.75 Å². The number of hydrogen-bond donors (Lipinski definition) is 1. The number of ether oxygens (including phenoxy) is 2. The lowest BCUT2D eigenvalue weighted by atomic mass is 10.0. The first-order valence-electron chi connectivity index (χ1n) is 8.09. The molecule has 5 nitrogen and oxygen atoms in total. The maximum atomic E-state index is 12.2. The van der Waals surface area contributed by atoms with Gasteiger partial charge in [-0.2, -0.15) is 0 Å². The fourth-order valence-electron chi connectivity index (χ4n) is 2.57. The predicted molar refractivity (Wildman–Crippen MR) is 95.8 cm³/mol. The van der Waals surface area contributed by atoms with E-state index in [-0.39, 0.29) is 18.6 Å². The molecule has 2 aromatic rings. The van der Waals surface area contributed by atoms with Gasteiger partial charge in [-0.15, -0.1) is 0 Å². The van der Waals surface area contributed by atoms with Crippen molar-refractivity contribution in [1.29, 1.82) is 0 Å². The van der Waals surface area contributed by atoms with Crippen LogP contribution in [0, 0.1) is 13.8 Å². The Morgan fingerprint density at radius 2 is 1.80 bits per heavy atom. The third kappa shape index (κ3) is 4.59. The van der Waals surface area contributed by atoms with E-state index >= 15 is 0 Å². The third-order valence-corrected chi connectivity index (χ3v) is 4.14. The van der Waals surface area contributed by atoms with Crippen LogP contribution in [0.2, 0.25) is 0 Å². The monoisotopic (exact) mass is 341 g/mol. The Balaban J connectivity index is 1.94. The van der Waals surface area contributed by atoms with E-state index in [1.165, 1.54) is 0 Å². The summed E-state index contributed by atoms with van der Waals surface area (Å²) in [5.74, 6) is -0.166. The van der Waals surface area contributed by atoms with Crippen LogP contribution < -0.4 is 10.1 Å². The third-order valence-electron chi connectivity index (χ3n) is 4.14. The number of para-hydroxylation sites is 1. The zero-order chi connectivity index (χ0) is 18.4. The molecule has 2 aromatic carbocycles. The minimum Gasteiger partial charge on any atom is -0.496 e. The maximum absolute atomic E-state index is 12.2. The number of carbonyl (C=O) groups is 2. The van der Waals surface area contributed by atoms with E-state index in [1.807, 2.05) is 51.1 Å². The van der Waals surface area contributed by atoms with E-state index < -0.39 is 5.97 Å². The average Bonchev–Trinajstić information content (AvgIpc) is 2.61. The molecular formula is C20H23NO4. The molecule has 0 aliphatic rings. The number of carbonyl (C=O) groups excluding carboxylic acids is 2. The summed E-state index contributed by atoms with van der Waals surface area (Å²) in [7, 11) is 1.58. The van der Waals surface area contributed by atoms with Gasteiger partial charge in [-0.1, -0.05) is 30.3 Å². The number of esters is 1. The lowest BCUT2D eigenvalue weighted by molar-refractivity contribution is -0.124. The fraction of sp³-hybridized carbons (Fsp3) is 0.300. The predicted octanol–water partition coefficient (Wildman–Crippen LogP) is 3.35. The molecule has 0 aliphatic heterocycles. The summed E-state index contributed by atoms with van der Waals surface area (Å²) in [6.07, 6.45) is 0. The molecule has 132 valence electrons. The van der Waals surface area contributed by atoms with Crippen molar-refractivity contribution in [3.8, 4) is 5.75 Å². The lowest BCUT2D eigenvalue weighted by Gasteiger charge is -2.17. The van der Waals surface area contributed by atoms with Crippen LogP contribution in [0.4, 0.5) is 0 Å². The Bertz CT molecular complexity index is 770. The van der Waals surface area contributed by atoms with Gasteiger partial charge >= 0.3 is 5.97 Å². The van der Waals surface area contributed by atoms with Gasteiger partial charge in [0.2, 0.25) is 0 Å². The fourth-order valence-corrected chi connectivity index (χ4v) is 2.57. The summed E-state index contributed by atoms with van der Waals surface area (Å²) in [6.45, 7) is 5.30. The minimum atomic E-state index is -0.499. The first-order valence-corrected chi connectivity index (χ1v) is 8.09. The number of hydrogen-bond acceptors (Lipinski definition) is 4. The van der Waals surface area contributed by atoms with Crippen molar-refractivity contribution in [2.75, 3.05) is 13.7 Å². The summed E-state index contributed by atoms with van der Waals surface area (Å²) >= 11 is 0. The van der Waals surface area contributed by atoms with Crippen LogP contribution in [-0.2, 0) is 9.53 Å². The zero-order valence-electron chi connectivity index (χ0n) is 15.0. The molecular weight excluding hydrogens is 318 g/mol. The van der Waals surface area contributed by atoms with Gasteiger partial charge < -0.3 is 14.8 Å². The summed E-state index contributed by atoms with van der Waals surface area (Å²) < 4.78 is 10.4. The van der Waals surface area contributed by atoms with Gasteiger partial charge in [0, 0.05) is 5.56 Å². The van der Waals surface area contributed by atoms with Gasteiger partial charge in [-0.3, -0.25) is 4.79 Å². The summed E-state index contributed by atoms with van der Waals surface area (Å²) in [4.78, 5) is 24.2. The Hall–Kier alpha value is -2.82. The Morgan fingerprint density at radius 1 is 1.08 bits per heavy atom.